The average molecular weight is 507 g/mol. The second-order valence-corrected chi connectivity index (χ2v) is 9.76. The van der Waals surface area contributed by atoms with Crippen molar-refractivity contribution in [3.05, 3.63) is 95.0 Å². The molecule has 10 nitrogen and oxygen atoms in total. The van der Waals surface area contributed by atoms with Crippen LogP contribution < -0.4 is 5.73 Å². The van der Waals surface area contributed by atoms with Crippen molar-refractivity contribution in [2.75, 3.05) is 6.54 Å². The molecule has 1 aromatic heterocycles. The van der Waals surface area contributed by atoms with Crippen LogP contribution in [0.15, 0.2) is 93.3 Å². The molecule has 1 aliphatic heterocycles. The lowest BCUT2D eigenvalue weighted by atomic mass is 9.90. The van der Waals surface area contributed by atoms with Gasteiger partial charge in [0.1, 0.15) is 0 Å². The number of sulfonamides is 1. The van der Waals surface area contributed by atoms with E-state index in [1.165, 1.54) is 29.3 Å². The van der Waals surface area contributed by atoms with E-state index in [4.69, 9.17) is 17.3 Å². The lowest BCUT2D eigenvalue weighted by Crippen LogP contribution is -2.33. The van der Waals surface area contributed by atoms with E-state index in [-0.39, 0.29) is 16.8 Å². The van der Waals surface area contributed by atoms with Crippen LogP contribution in [0.25, 0.3) is 11.4 Å². The number of hydrogen-bond acceptors (Lipinski definition) is 6. The second kappa shape index (κ2) is 9.28. The molecule has 1 atom stereocenters. The van der Waals surface area contributed by atoms with Crippen LogP contribution in [0.5, 0.6) is 0 Å². The fraction of sp³-hybridized carbons (Fsp3) is 0.0870. The molecule has 0 bridgehead atoms. The molecular weight excluding hydrogens is 488 g/mol. The number of nitrogens with zero attached hydrogens (tertiary/aromatic N) is 6. The van der Waals surface area contributed by atoms with Crippen molar-refractivity contribution in [3.63, 3.8) is 0 Å². The minimum absolute atomic E-state index is 0.00934. The lowest BCUT2D eigenvalue weighted by molar-refractivity contribution is 0.470. The molecule has 5 rings (SSSR count). The standard InChI is InChI=1S/C23H19ClN8O2S/c24-18-10-12-19(13-11-18)35(33,34)29-23(25)32-14-20(15-4-2-1-3-5-15)21(28-32)16-6-8-17(9-7-16)22-26-30-31-27-22/h1-13,20H,14H2,(H2,25,29)(H,26,27,30,31). The van der Waals surface area contributed by atoms with Gasteiger partial charge in [-0.1, -0.05) is 66.2 Å². The fourth-order valence-electron chi connectivity index (χ4n) is 3.76. The van der Waals surface area contributed by atoms with Gasteiger partial charge in [-0.25, -0.2) is 5.01 Å². The monoisotopic (exact) mass is 506 g/mol. The van der Waals surface area contributed by atoms with Crippen molar-refractivity contribution in [3.8, 4) is 11.4 Å². The number of benzene rings is 3. The number of H-pyrrole nitrogens is 1. The third kappa shape index (κ3) is 4.77. The van der Waals surface area contributed by atoms with Gasteiger partial charge in [-0.05, 0) is 40.6 Å². The van der Waals surface area contributed by atoms with Gasteiger partial charge >= 0.3 is 0 Å². The Balaban J connectivity index is 1.49. The van der Waals surface area contributed by atoms with Gasteiger partial charge in [0.25, 0.3) is 10.0 Å². The van der Waals surface area contributed by atoms with Crippen LogP contribution in [0.2, 0.25) is 5.02 Å². The number of hydrogen-bond donors (Lipinski definition) is 2. The zero-order valence-corrected chi connectivity index (χ0v) is 19.7. The lowest BCUT2D eigenvalue weighted by Gasteiger charge is -2.15. The maximum atomic E-state index is 12.8. The molecule has 0 spiro atoms. The average Bonchev–Trinajstić information content (AvgIpc) is 3.56. The number of aromatic amines is 1. The molecule has 12 heteroatoms. The minimum Gasteiger partial charge on any atom is -0.367 e. The van der Waals surface area contributed by atoms with Crippen LogP contribution in [-0.4, -0.2) is 52.3 Å². The van der Waals surface area contributed by atoms with Crippen molar-refractivity contribution in [2.24, 2.45) is 15.2 Å². The fourth-order valence-corrected chi connectivity index (χ4v) is 4.81. The van der Waals surface area contributed by atoms with Crippen LogP contribution in [0.1, 0.15) is 17.0 Å². The first-order valence-corrected chi connectivity index (χ1v) is 12.3. The van der Waals surface area contributed by atoms with Crippen molar-refractivity contribution >= 4 is 33.3 Å². The van der Waals surface area contributed by atoms with Crippen molar-refractivity contribution < 1.29 is 8.42 Å². The Bertz CT molecular complexity index is 1490. The van der Waals surface area contributed by atoms with Crippen LogP contribution in [0, 0.1) is 0 Å². The van der Waals surface area contributed by atoms with Gasteiger partial charge in [-0.3, -0.25) is 0 Å². The first-order chi connectivity index (χ1) is 16.9. The number of halogens is 1. The number of nitrogens with one attached hydrogen (secondary N) is 1. The SMILES string of the molecule is N/C(=N\S(=O)(=O)c1ccc(Cl)cc1)N1CC(c2ccccc2)C(c2ccc(-c3nn[nH]n3)cc2)=N1. The third-order valence-electron chi connectivity index (χ3n) is 5.49. The summed E-state index contributed by atoms with van der Waals surface area (Å²) >= 11 is 5.87. The normalized spacial score (nSPS) is 16.4. The van der Waals surface area contributed by atoms with E-state index >= 15 is 0 Å². The van der Waals surface area contributed by atoms with E-state index in [9.17, 15) is 8.42 Å². The smallest absolute Gasteiger partial charge is 0.285 e. The van der Waals surface area contributed by atoms with Crippen molar-refractivity contribution in [1.29, 1.82) is 0 Å². The second-order valence-electron chi connectivity index (χ2n) is 7.72. The Morgan fingerprint density at radius 1 is 1.00 bits per heavy atom. The predicted molar refractivity (Wildman–Crippen MR) is 132 cm³/mol. The quantitative estimate of drug-likeness (QED) is 0.313. The van der Waals surface area contributed by atoms with E-state index < -0.39 is 10.0 Å². The molecule has 35 heavy (non-hydrogen) atoms. The van der Waals surface area contributed by atoms with Crippen LogP contribution >= 0.6 is 11.6 Å². The maximum absolute atomic E-state index is 12.8. The van der Waals surface area contributed by atoms with Crippen molar-refractivity contribution in [2.45, 2.75) is 10.8 Å². The van der Waals surface area contributed by atoms with Gasteiger partial charge in [0.2, 0.25) is 11.8 Å². The van der Waals surface area contributed by atoms with Crippen LogP contribution in [-0.2, 0) is 10.0 Å². The Labute approximate surface area is 206 Å². The summed E-state index contributed by atoms with van der Waals surface area (Å²) in [6.07, 6.45) is 0. The molecule has 0 radical (unpaired) electrons. The molecule has 2 heterocycles. The van der Waals surface area contributed by atoms with Gasteiger partial charge in [0.15, 0.2) is 0 Å². The first kappa shape index (κ1) is 22.7. The Morgan fingerprint density at radius 3 is 2.34 bits per heavy atom. The number of nitrogens with two attached hydrogens (primary N) is 1. The molecule has 1 unspecified atom stereocenters. The molecular formula is C23H19ClN8O2S. The molecule has 0 amide bonds. The number of hydrazone groups is 1. The summed E-state index contributed by atoms with van der Waals surface area (Å²) in [5.74, 6) is 0.105. The molecule has 1 aliphatic rings. The Kier molecular flexibility index (Phi) is 6.01. The largest absolute Gasteiger partial charge is 0.367 e. The summed E-state index contributed by atoms with van der Waals surface area (Å²) < 4.78 is 29.3. The topological polar surface area (TPSA) is 143 Å². The molecule has 176 valence electrons. The molecule has 0 saturated heterocycles. The highest BCUT2D eigenvalue weighted by Crippen LogP contribution is 2.30. The summed E-state index contributed by atoms with van der Waals surface area (Å²) in [4.78, 5) is -0.00934. The predicted octanol–water partition coefficient (Wildman–Crippen LogP) is 3.03. The van der Waals surface area contributed by atoms with E-state index in [0.29, 0.717) is 17.4 Å². The number of rotatable bonds is 5. The minimum atomic E-state index is -4.04. The summed E-state index contributed by atoms with van der Waals surface area (Å²) in [5, 5.41) is 20.5. The van der Waals surface area contributed by atoms with Crippen LogP contribution in [0.4, 0.5) is 0 Å². The Morgan fingerprint density at radius 2 is 1.69 bits per heavy atom. The molecule has 0 aliphatic carbocycles. The van der Waals surface area contributed by atoms with Gasteiger partial charge < -0.3 is 5.73 Å². The highest BCUT2D eigenvalue weighted by molar-refractivity contribution is 7.90. The van der Waals surface area contributed by atoms with E-state index in [1.54, 1.807) is 0 Å². The number of tetrazole rings is 1. The maximum Gasteiger partial charge on any atom is 0.285 e. The summed E-state index contributed by atoms with van der Waals surface area (Å²) in [6, 6.07) is 23.1. The summed E-state index contributed by atoms with van der Waals surface area (Å²) in [6.45, 7) is 0.331. The van der Waals surface area contributed by atoms with E-state index in [2.05, 4.69) is 30.1 Å². The van der Waals surface area contributed by atoms with E-state index in [0.717, 1.165) is 22.4 Å². The van der Waals surface area contributed by atoms with Gasteiger partial charge in [-0.15, -0.1) is 14.6 Å². The summed E-state index contributed by atoms with van der Waals surface area (Å²) in [7, 11) is -4.04. The Hall–Kier alpha value is -4.09. The highest BCUT2D eigenvalue weighted by atomic mass is 35.5. The van der Waals surface area contributed by atoms with Crippen molar-refractivity contribution in [1.82, 2.24) is 25.6 Å². The van der Waals surface area contributed by atoms with Gasteiger partial charge in [0, 0.05) is 16.5 Å². The first-order valence-electron chi connectivity index (χ1n) is 10.5. The molecule has 4 aromatic rings. The highest BCUT2D eigenvalue weighted by Gasteiger charge is 2.31. The summed E-state index contributed by atoms with van der Waals surface area (Å²) in [5.41, 5.74) is 9.53. The van der Waals surface area contributed by atoms with Gasteiger partial charge in [-0.2, -0.15) is 18.7 Å². The molecule has 0 fully saturated rings. The molecule has 0 saturated carbocycles. The zero-order valence-electron chi connectivity index (χ0n) is 18.2. The molecule has 3 aromatic carbocycles. The third-order valence-corrected chi connectivity index (χ3v) is 7.04. The number of guanidine groups is 1. The van der Waals surface area contributed by atoms with Gasteiger partial charge in [0.05, 0.1) is 17.2 Å². The number of aromatic nitrogens is 4. The molecule has 3 N–H and O–H groups in total. The van der Waals surface area contributed by atoms with E-state index in [1.807, 2.05) is 54.6 Å². The zero-order chi connectivity index (χ0) is 24.4. The van der Waals surface area contributed by atoms with Crippen LogP contribution in [0.3, 0.4) is 0 Å².